The van der Waals surface area contributed by atoms with E-state index in [1.807, 2.05) is 42.5 Å². The normalized spacial score (nSPS) is 11.0. The molecule has 6 nitrogen and oxygen atoms in total. The predicted molar refractivity (Wildman–Crippen MR) is 118 cm³/mol. The molecule has 0 aliphatic carbocycles. The fourth-order valence-corrected chi connectivity index (χ4v) is 2.98. The number of nitrogens with one attached hydrogen (secondary N) is 2. The molecule has 0 unspecified atom stereocenters. The summed E-state index contributed by atoms with van der Waals surface area (Å²) in [6.07, 6.45) is 1.39. The number of carbonyl (C=O) groups is 1. The largest absolute Gasteiger partial charge is 0.460 e. The number of hydrazone groups is 1. The van der Waals surface area contributed by atoms with Crippen molar-refractivity contribution in [1.29, 1.82) is 0 Å². The van der Waals surface area contributed by atoms with Crippen LogP contribution in [0, 0.1) is 5.82 Å². The molecule has 0 aliphatic rings. The molecular weight excluding hydrogens is 397 g/mol. The fraction of sp³-hybridized carbons (Fsp3) is 0.0833. The van der Waals surface area contributed by atoms with Gasteiger partial charge in [0.15, 0.2) is 5.76 Å². The van der Waals surface area contributed by atoms with E-state index in [1.165, 1.54) is 18.3 Å². The Morgan fingerprint density at radius 2 is 1.81 bits per heavy atom. The first-order valence-electron chi connectivity index (χ1n) is 9.68. The van der Waals surface area contributed by atoms with Crippen molar-refractivity contribution < 1.29 is 18.3 Å². The molecule has 2 N–H and O–H groups in total. The van der Waals surface area contributed by atoms with Crippen LogP contribution in [-0.2, 0) is 11.4 Å². The highest BCUT2D eigenvalue weighted by Crippen LogP contribution is 2.22. The molecule has 4 aromatic rings. The van der Waals surface area contributed by atoms with Gasteiger partial charge in [-0.3, -0.25) is 4.79 Å². The lowest BCUT2D eigenvalue weighted by Crippen LogP contribution is -2.25. The summed E-state index contributed by atoms with van der Waals surface area (Å²) in [5.41, 5.74) is 4.15. The van der Waals surface area contributed by atoms with Gasteiger partial charge in [-0.2, -0.15) is 5.10 Å². The molecule has 3 aromatic carbocycles. The zero-order chi connectivity index (χ0) is 21.5. The number of amides is 1. The summed E-state index contributed by atoms with van der Waals surface area (Å²) in [6.45, 7) is 0.330. The van der Waals surface area contributed by atoms with Crippen LogP contribution >= 0.6 is 0 Å². The fourth-order valence-electron chi connectivity index (χ4n) is 2.98. The van der Waals surface area contributed by atoms with E-state index in [0.29, 0.717) is 11.7 Å². The molecule has 1 amide bonds. The van der Waals surface area contributed by atoms with Crippen LogP contribution < -0.4 is 15.5 Å². The minimum absolute atomic E-state index is 0.0789. The molecule has 7 heteroatoms. The van der Waals surface area contributed by atoms with Crippen LogP contribution in [-0.4, -0.2) is 18.7 Å². The van der Waals surface area contributed by atoms with Gasteiger partial charge in [0.05, 0.1) is 12.8 Å². The number of halogens is 1. The van der Waals surface area contributed by atoms with Crippen LogP contribution in [0.3, 0.4) is 0 Å². The van der Waals surface area contributed by atoms with Gasteiger partial charge in [-0.15, -0.1) is 0 Å². The summed E-state index contributed by atoms with van der Waals surface area (Å²) in [6, 6.07) is 23.2. The van der Waals surface area contributed by atoms with Crippen molar-refractivity contribution in [2.75, 3.05) is 11.9 Å². The lowest BCUT2D eigenvalue weighted by Gasteiger charge is -2.08. The number of hydrogen-bond acceptors (Lipinski definition) is 5. The van der Waals surface area contributed by atoms with Gasteiger partial charge < -0.3 is 14.5 Å². The first-order chi connectivity index (χ1) is 15.2. The maximum atomic E-state index is 12.9. The van der Waals surface area contributed by atoms with Crippen molar-refractivity contribution in [3.63, 3.8) is 0 Å². The maximum Gasteiger partial charge on any atom is 0.285 e. The van der Waals surface area contributed by atoms with E-state index < -0.39 is 0 Å². The monoisotopic (exact) mass is 417 g/mol. The van der Waals surface area contributed by atoms with Gasteiger partial charge in [0.2, 0.25) is 0 Å². The zero-order valence-electron chi connectivity index (χ0n) is 16.5. The van der Waals surface area contributed by atoms with Crippen LogP contribution in [0.5, 0.6) is 5.95 Å². The van der Waals surface area contributed by atoms with Gasteiger partial charge >= 0.3 is 0 Å². The first kappa shape index (κ1) is 20.2. The third-order valence-electron chi connectivity index (χ3n) is 4.51. The number of furan rings is 1. The molecule has 0 bridgehead atoms. The van der Waals surface area contributed by atoms with Gasteiger partial charge in [0.1, 0.15) is 12.4 Å². The van der Waals surface area contributed by atoms with Gasteiger partial charge in [-0.1, -0.05) is 48.5 Å². The molecule has 4 rings (SSSR count). The molecule has 0 spiro atoms. The highest BCUT2D eigenvalue weighted by atomic mass is 19.1. The number of benzene rings is 3. The topological polar surface area (TPSA) is 75.9 Å². The van der Waals surface area contributed by atoms with Crippen molar-refractivity contribution >= 4 is 28.6 Å². The SMILES string of the molecule is O=C(CNc1cccc2ccccc12)N/N=C\c1ccc(OCc2ccc(F)cc2)o1. The van der Waals surface area contributed by atoms with Crippen LogP contribution in [0.2, 0.25) is 0 Å². The number of anilines is 1. The summed E-state index contributed by atoms with van der Waals surface area (Å²) in [4.78, 5) is 12.1. The van der Waals surface area contributed by atoms with Gasteiger partial charge in [0.25, 0.3) is 11.9 Å². The van der Waals surface area contributed by atoms with Crippen LogP contribution in [0.15, 0.2) is 88.4 Å². The van der Waals surface area contributed by atoms with Crippen LogP contribution in [0.4, 0.5) is 10.1 Å². The average molecular weight is 417 g/mol. The number of rotatable bonds is 8. The van der Waals surface area contributed by atoms with E-state index in [9.17, 15) is 9.18 Å². The second-order valence-corrected chi connectivity index (χ2v) is 6.75. The minimum atomic E-state index is -0.297. The van der Waals surface area contributed by atoms with Crippen molar-refractivity contribution in [3.05, 3.63) is 96.0 Å². The quantitative estimate of drug-likeness (QED) is 0.322. The smallest absolute Gasteiger partial charge is 0.285 e. The van der Waals surface area contributed by atoms with E-state index in [4.69, 9.17) is 9.15 Å². The van der Waals surface area contributed by atoms with E-state index in [-0.39, 0.29) is 24.9 Å². The third-order valence-corrected chi connectivity index (χ3v) is 4.51. The molecular formula is C24H20FN3O3. The minimum Gasteiger partial charge on any atom is -0.460 e. The Labute approximate surface area is 178 Å². The Morgan fingerprint density at radius 3 is 2.68 bits per heavy atom. The molecule has 0 fully saturated rings. The molecule has 1 aromatic heterocycles. The van der Waals surface area contributed by atoms with Crippen molar-refractivity contribution in [2.24, 2.45) is 5.10 Å². The summed E-state index contributed by atoms with van der Waals surface area (Å²) in [5, 5.41) is 9.17. The Morgan fingerprint density at radius 1 is 1.00 bits per heavy atom. The number of fused-ring (bicyclic) bond motifs is 1. The molecule has 1 heterocycles. The standard InChI is InChI=1S/C24H20FN3O3/c25-19-10-8-17(9-11-19)16-30-24-13-12-20(31-24)14-27-28-23(29)15-26-22-7-3-5-18-4-1-2-6-21(18)22/h1-14,26H,15-16H2,(H,28,29)/b27-14-. The van der Waals surface area contributed by atoms with Crippen LogP contribution in [0.25, 0.3) is 10.8 Å². The molecule has 31 heavy (non-hydrogen) atoms. The Hall–Kier alpha value is -4.13. The number of hydrogen-bond donors (Lipinski definition) is 2. The highest BCUT2D eigenvalue weighted by molar-refractivity contribution is 5.95. The lowest BCUT2D eigenvalue weighted by molar-refractivity contribution is -0.119. The second-order valence-electron chi connectivity index (χ2n) is 6.75. The second kappa shape index (κ2) is 9.58. The predicted octanol–water partition coefficient (Wildman–Crippen LogP) is 4.71. The highest BCUT2D eigenvalue weighted by Gasteiger charge is 2.05. The number of ether oxygens (including phenoxy) is 1. The Bertz CT molecular complexity index is 1200. The number of carbonyl (C=O) groups excluding carboxylic acids is 1. The molecule has 0 atom stereocenters. The summed E-state index contributed by atoms with van der Waals surface area (Å²) in [7, 11) is 0. The molecule has 0 aliphatic heterocycles. The zero-order valence-corrected chi connectivity index (χ0v) is 16.5. The molecule has 156 valence electrons. The van der Waals surface area contributed by atoms with Crippen molar-refractivity contribution in [2.45, 2.75) is 6.61 Å². The van der Waals surface area contributed by atoms with Crippen molar-refractivity contribution in [1.82, 2.24) is 5.43 Å². The Kier molecular flexibility index (Phi) is 6.23. The van der Waals surface area contributed by atoms with Crippen LogP contribution in [0.1, 0.15) is 11.3 Å². The Balaban J connectivity index is 1.25. The third kappa shape index (κ3) is 5.48. The van der Waals surface area contributed by atoms with E-state index in [0.717, 1.165) is 22.0 Å². The summed E-state index contributed by atoms with van der Waals surface area (Å²) >= 11 is 0. The molecule has 0 radical (unpaired) electrons. The molecule has 0 saturated carbocycles. The average Bonchev–Trinajstić information content (AvgIpc) is 3.25. The lowest BCUT2D eigenvalue weighted by atomic mass is 10.1. The van der Waals surface area contributed by atoms with Gasteiger partial charge in [-0.05, 0) is 35.2 Å². The van der Waals surface area contributed by atoms with E-state index >= 15 is 0 Å². The maximum absolute atomic E-state index is 12.9. The first-order valence-corrected chi connectivity index (χ1v) is 9.68. The van der Waals surface area contributed by atoms with Crippen molar-refractivity contribution in [3.8, 4) is 5.95 Å². The summed E-state index contributed by atoms with van der Waals surface area (Å²) in [5.74, 6) is 0.143. The van der Waals surface area contributed by atoms with E-state index in [2.05, 4.69) is 15.8 Å². The summed E-state index contributed by atoms with van der Waals surface area (Å²) < 4.78 is 23.9. The number of nitrogens with zero attached hydrogens (tertiary/aromatic N) is 1. The van der Waals surface area contributed by atoms with E-state index in [1.54, 1.807) is 24.3 Å². The molecule has 0 saturated heterocycles. The van der Waals surface area contributed by atoms with Gasteiger partial charge in [-0.25, -0.2) is 9.82 Å². The van der Waals surface area contributed by atoms with Gasteiger partial charge in [0, 0.05) is 17.1 Å².